The molecule has 0 fully saturated rings. The van der Waals surface area contributed by atoms with Crippen LogP contribution in [0.5, 0.6) is 0 Å². The lowest BCUT2D eigenvalue weighted by molar-refractivity contribution is -0.144. The molecule has 1 rings (SSSR count). The summed E-state index contributed by atoms with van der Waals surface area (Å²) in [6.45, 7) is 7.43. The Labute approximate surface area is 102 Å². The fourth-order valence-corrected chi connectivity index (χ4v) is 1.30. The molecule has 0 saturated heterocycles. The van der Waals surface area contributed by atoms with Crippen LogP contribution in [0.4, 0.5) is 0 Å². The standard InChI is InChI=1S/C14H19NO2/c1-12(2)10-15-9-8-14(16)17-11-13-6-4-3-5-7-13/h3-7,15H,1,8-11H2,2H3. The highest BCUT2D eigenvalue weighted by Gasteiger charge is 2.02. The van der Waals surface area contributed by atoms with Gasteiger partial charge in [0.25, 0.3) is 0 Å². The first-order chi connectivity index (χ1) is 8.18. The quantitative estimate of drug-likeness (QED) is 0.446. The van der Waals surface area contributed by atoms with Crippen LogP contribution in [-0.4, -0.2) is 19.1 Å². The molecular weight excluding hydrogens is 214 g/mol. The summed E-state index contributed by atoms with van der Waals surface area (Å²) in [5.41, 5.74) is 2.07. The lowest BCUT2D eigenvalue weighted by Crippen LogP contribution is -2.20. The number of carbonyl (C=O) groups excluding carboxylic acids is 1. The van der Waals surface area contributed by atoms with Gasteiger partial charge in [-0.05, 0) is 12.5 Å². The summed E-state index contributed by atoms with van der Waals surface area (Å²) in [5.74, 6) is -0.178. The van der Waals surface area contributed by atoms with Gasteiger partial charge in [0.05, 0.1) is 6.42 Å². The minimum atomic E-state index is -0.178. The second-order valence-electron chi connectivity index (χ2n) is 4.03. The van der Waals surface area contributed by atoms with Crippen LogP contribution in [0.3, 0.4) is 0 Å². The largest absolute Gasteiger partial charge is 0.461 e. The zero-order valence-electron chi connectivity index (χ0n) is 10.2. The maximum absolute atomic E-state index is 11.4. The zero-order chi connectivity index (χ0) is 12.5. The lowest BCUT2D eigenvalue weighted by Gasteiger charge is -2.06. The van der Waals surface area contributed by atoms with Gasteiger partial charge in [-0.15, -0.1) is 0 Å². The molecule has 0 saturated carbocycles. The van der Waals surface area contributed by atoms with Crippen molar-refractivity contribution < 1.29 is 9.53 Å². The molecule has 3 heteroatoms. The van der Waals surface area contributed by atoms with Crippen molar-refractivity contribution in [1.82, 2.24) is 5.32 Å². The Hall–Kier alpha value is -1.61. The minimum absolute atomic E-state index is 0.178. The van der Waals surface area contributed by atoms with E-state index in [1.807, 2.05) is 37.3 Å². The summed E-state index contributed by atoms with van der Waals surface area (Å²) >= 11 is 0. The average Bonchev–Trinajstić information content (AvgIpc) is 2.33. The van der Waals surface area contributed by atoms with Gasteiger partial charge in [-0.1, -0.05) is 42.5 Å². The highest BCUT2D eigenvalue weighted by atomic mass is 16.5. The molecule has 1 aromatic carbocycles. The molecule has 92 valence electrons. The van der Waals surface area contributed by atoms with E-state index in [0.717, 1.165) is 17.7 Å². The fourth-order valence-electron chi connectivity index (χ4n) is 1.30. The smallest absolute Gasteiger partial charge is 0.307 e. The van der Waals surface area contributed by atoms with E-state index in [0.29, 0.717) is 19.6 Å². The van der Waals surface area contributed by atoms with Gasteiger partial charge in [0.1, 0.15) is 6.61 Å². The molecule has 0 heterocycles. The van der Waals surface area contributed by atoms with E-state index in [4.69, 9.17) is 4.74 Å². The predicted octanol–water partition coefficient (Wildman–Crippen LogP) is 2.29. The molecule has 0 aliphatic carbocycles. The number of rotatable bonds is 7. The average molecular weight is 233 g/mol. The van der Waals surface area contributed by atoms with Crippen molar-refractivity contribution in [2.24, 2.45) is 0 Å². The molecule has 17 heavy (non-hydrogen) atoms. The van der Waals surface area contributed by atoms with Crippen LogP contribution in [-0.2, 0) is 16.1 Å². The Bertz CT molecular complexity index is 360. The third-order valence-electron chi connectivity index (χ3n) is 2.18. The Morgan fingerprint density at radius 1 is 1.35 bits per heavy atom. The van der Waals surface area contributed by atoms with Crippen LogP contribution in [0.1, 0.15) is 18.9 Å². The second kappa shape index (κ2) is 7.63. The molecule has 1 N–H and O–H groups in total. The van der Waals surface area contributed by atoms with Crippen LogP contribution in [0.25, 0.3) is 0 Å². The third kappa shape index (κ3) is 6.53. The number of esters is 1. The maximum atomic E-state index is 11.4. The highest BCUT2D eigenvalue weighted by Crippen LogP contribution is 2.01. The van der Waals surface area contributed by atoms with Crippen molar-refractivity contribution in [3.8, 4) is 0 Å². The van der Waals surface area contributed by atoms with Crippen LogP contribution in [0.2, 0.25) is 0 Å². The molecule has 0 unspecified atom stereocenters. The van der Waals surface area contributed by atoms with Gasteiger partial charge in [-0.2, -0.15) is 0 Å². The van der Waals surface area contributed by atoms with Crippen molar-refractivity contribution >= 4 is 5.97 Å². The fraction of sp³-hybridized carbons (Fsp3) is 0.357. The number of nitrogens with one attached hydrogen (secondary N) is 1. The Kier molecular flexibility index (Phi) is 6.04. The van der Waals surface area contributed by atoms with E-state index in [2.05, 4.69) is 11.9 Å². The normalized spacial score (nSPS) is 9.94. The lowest BCUT2D eigenvalue weighted by atomic mass is 10.2. The predicted molar refractivity (Wildman–Crippen MR) is 68.5 cm³/mol. The Balaban J connectivity index is 2.11. The number of carbonyl (C=O) groups is 1. The summed E-state index contributed by atoms with van der Waals surface area (Å²) in [4.78, 5) is 11.4. The van der Waals surface area contributed by atoms with Gasteiger partial charge < -0.3 is 10.1 Å². The molecule has 0 radical (unpaired) electrons. The van der Waals surface area contributed by atoms with E-state index in [1.54, 1.807) is 0 Å². The molecule has 0 aliphatic heterocycles. The van der Waals surface area contributed by atoms with Gasteiger partial charge in [-0.3, -0.25) is 4.79 Å². The Morgan fingerprint density at radius 2 is 2.06 bits per heavy atom. The van der Waals surface area contributed by atoms with Crippen LogP contribution in [0, 0.1) is 0 Å². The minimum Gasteiger partial charge on any atom is -0.461 e. The molecule has 0 aromatic heterocycles. The van der Waals surface area contributed by atoms with E-state index in [-0.39, 0.29) is 5.97 Å². The summed E-state index contributed by atoms with van der Waals surface area (Å²) in [6.07, 6.45) is 0.389. The number of benzene rings is 1. The van der Waals surface area contributed by atoms with E-state index in [1.165, 1.54) is 0 Å². The summed E-state index contributed by atoms with van der Waals surface area (Å²) < 4.78 is 5.13. The first-order valence-electron chi connectivity index (χ1n) is 5.73. The van der Waals surface area contributed by atoms with E-state index >= 15 is 0 Å². The van der Waals surface area contributed by atoms with Crippen molar-refractivity contribution in [3.05, 3.63) is 48.0 Å². The molecule has 1 aromatic rings. The van der Waals surface area contributed by atoms with Crippen LogP contribution >= 0.6 is 0 Å². The van der Waals surface area contributed by atoms with Gasteiger partial charge in [0.2, 0.25) is 0 Å². The summed E-state index contributed by atoms with van der Waals surface area (Å²) in [7, 11) is 0. The molecule has 0 bridgehead atoms. The van der Waals surface area contributed by atoms with Gasteiger partial charge in [0.15, 0.2) is 0 Å². The van der Waals surface area contributed by atoms with Crippen molar-refractivity contribution in [2.45, 2.75) is 20.0 Å². The van der Waals surface area contributed by atoms with E-state index < -0.39 is 0 Å². The monoisotopic (exact) mass is 233 g/mol. The topological polar surface area (TPSA) is 38.3 Å². The van der Waals surface area contributed by atoms with Gasteiger partial charge >= 0.3 is 5.97 Å². The molecule has 0 atom stereocenters. The van der Waals surface area contributed by atoms with Crippen molar-refractivity contribution in [1.29, 1.82) is 0 Å². The van der Waals surface area contributed by atoms with Crippen molar-refractivity contribution in [2.75, 3.05) is 13.1 Å². The third-order valence-corrected chi connectivity index (χ3v) is 2.18. The summed E-state index contributed by atoms with van der Waals surface area (Å²) in [6, 6.07) is 9.67. The number of ether oxygens (including phenoxy) is 1. The van der Waals surface area contributed by atoms with Crippen molar-refractivity contribution in [3.63, 3.8) is 0 Å². The highest BCUT2D eigenvalue weighted by molar-refractivity contribution is 5.69. The van der Waals surface area contributed by atoms with Gasteiger partial charge in [0, 0.05) is 13.1 Å². The number of hydrogen-bond acceptors (Lipinski definition) is 3. The zero-order valence-corrected chi connectivity index (χ0v) is 10.2. The molecule has 3 nitrogen and oxygen atoms in total. The SMILES string of the molecule is C=C(C)CNCCC(=O)OCc1ccccc1. The first kappa shape index (κ1) is 13.5. The van der Waals surface area contributed by atoms with Crippen LogP contribution < -0.4 is 5.32 Å². The second-order valence-corrected chi connectivity index (χ2v) is 4.03. The molecule has 0 amide bonds. The van der Waals surface area contributed by atoms with Gasteiger partial charge in [-0.25, -0.2) is 0 Å². The first-order valence-corrected chi connectivity index (χ1v) is 5.73. The maximum Gasteiger partial charge on any atom is 0.307 e. The molecule has 0 spiro atoms. The summed E-state index contributed by atoms with van der Waals surface area (Å²) in [5, 5.41) is 3.11. The number of hydrogen-bond donors (Lipinski definition) is 1. The molecule has 0 aliphatic rings. The van der Waals surface area contributed by atoms with E-state index in [9.17, 15) is 4.79 Å². The van der Waals surface area contributed by atoms with Crippen LogP contribution in [0.15, 0.2) is 42.5 Å². The Morgan fingerprint density at radius 3 is 2.71 bits per heavy atom. The molecular formula is C14H19NO2.